The molecule has 3 rings (SSSR count). The first kappa shape index (κ1) is 20.6. The lowest BCUT2D eigenvalue weighted by Gasteiger charge is -2.18. The lowest BCUT2D eigenvalue weighted by Crippen LogP contribution is -2.38. The largest absolute Gasteiger partial charge is 0.382 e. The van der Waals surface area contributed by atoms with Crippen molar-refractivity contribution < 1.29 is 9.53 Å². The molecule has 0 aliphatic heterocycles. The molecule has 3 N–H and O–H groups in total. The first-order valence-electron chi connectivity index (χ1n) is 9.64. The molecule has 8 heteroatoms. The summed E-state index contributed by atoms with van der Waals surface area (Å²) in [6, 6.07) is 9.33. The quantitative estimate of drug-likeness (QED) is 0.599. The summed E-state index contributed by atoms with van der Waals surface area (Å²) in [4.78, 5) is 22.7. The summed E-state index contributed by atoms with van der Waals surface area (Å²) in [6.45, 7) is 7.97. The van der Waals surface area contributed by atoms with Gasteiger partial charge in [0.15, 0.2) is 5.82 Å². The number of anilines is 2. The number of nitrogen functional groups attached to an aromatic ring is 1. The minimum atomic E-state index is -0.162. The fourth-order valence-electron chi connectivity index (χ4n) is 3.26. The Morgan fingerprint density at radius 3 is 2.62 bits per heavy atom. The number of aryl methyl sites for hydroxylation is 3. The van der Waals surface area contributed by atoms with Gasteiger partial charge >= 0.3 is 6.03 Å². The number of hydrogen-bond donors (Lipinski definition) is 2. The van der Waals surface area contributed by atoms with Crippen molar-refractivity contribution in [2.24, 2.45) is 0 Å². The number of ether oxygens (including phenoxy) is 1. The molecule has 0 fully saturated rings. The fraction of sp³-hybridized carbons (Fsp3) is 0.381. The molecule has 3 aromatic rings. The molecule has 8 nitrogen and oxygen atoms in total. The van der Waals surface area contributed by atoms with E-state index in [4.69, 9.17) is 10.5 Å². The predicted molar refractivity (Wildman–Crippen MR) is 115 cm³/mol. The fourth-order valence-corrected chi connectivity index (χ4v) is 3.26. The number of benzene rings is 1. The summed E-state index contributed by atoms with van der Waals surface area (Å²) in [5.41, 5.74) is 10.6. The number of nitrogens with zero attached hydrogens (tertiary/aromatic N) is 4. The molecule has 0 aliphatic carbocycles. The Kier molecular flexibility index (Phi) is 6.33. The van der Waals surface area contributed by atoms with Crippen LogP contribution in [0.1, 0.15) is 17.1 Å². The SMILES string of the molecule is Cc1nc(N)c2nc(C)n(CCOCCNC(=O)N(C)c3ccccc3)c2c1C. The zero-order valence-electron chi connectivity index (χ0n) is 17.4. The number of nitrogens with two attached hydrogens (primary N) is 1. The third kappa shape index (κ3) is 4.48. The minimum absolute atomic E-state index is 0.162. The molecule has 0 spiro atoms. The lowest BCUT2D eigenvalue weighted by molar-refractivity contribution is 0.129. The van der Waals surface area contributed by atoms with Crippen molar-refractivity contribution in [3.05, 3.63) is 47.4 Å². The van der Waals surface area contributed by atoms with Crippen LogP contribution in [-0.2, 0) is 11.3 Å². The molecule has 0 saturated carbocycles. The number of carbonyl (C=O) groups excluding carboxylic acids is 1. The van der Waals surface area contributed by atoms with Crippen molar-refractivity contribution >= 4 is 28.6 Å². The van der Waals surface area contributed by atoms with E-state index in [-0.39, 0.29) is 6.03 Å². The van der Waals surface area contributed by atoms with Crippen LogP contribution in [-0.4, -0.2) is 47.4 Å². The van der Waals surface area contributed by atoms with E-state index in [1.165, 1.54) is 0 Å². The van der Waals surface area contributed by atoms with E-state index in [9.17, 15) is 4.79 Å². The number of rotatable bonds is 7. The molecule has 2 heterocycles. The zero-order valence-corrected chi connectivity index (χ0v) is 17.4. The Labute approximate surface area is 170 Å². The van der Waals surface area contributed by atoms with Gasteiger partial charge in [-0.05, 0) is 38.5 Å². The summed E-state index contributed by atoms with van der Waals surface area (Å²) >= 11 is 0. The van der Waals surface area contributed by atoms with Crippen LogP contribution in [0.2, 0.25) is 0 Å². The second-order valence-corrected chi connectivity index (χ2v) is 6.95. The van der Waals surface area contributed by atoms with Crippen LogP contribution in [0, 0.1) is 20.8 Å². The van der Waals surface area contributed by atoms with Crippen LogP contribution >= 0.6 is 0 Å². The van der Waals surface area contributed by atoms with Gasteiger partial charge in [-0.3, -0.25) is 4.90 Å². The number of nitrogens with one attached hydrogen (secondary N) is 1. The highest BCUT2D eigenvalue weighted by molar-refractivity contribution is 5.91. The van der Waals surface area contributed by atoms with Gasteiger partial charge in [-0.1, -0.05) is 18.2 Å². The maximum absolute atomic E-state index is 12.2. The van der Waals surface area contributed by atoms with Crippen LogP contribution in [0.25, 0.3) is 11.0 Å². The maximum Gasteiger partial charge on any atom is 0.321 e. The maximum atomic E-state index is 12.2. The zero-order chi connectivity index (χ0) is 21.0. The number of amides is 2. The van der Waals surface area contributed by atoms with Gasteiger partial charge in [-0.2, -0.15) is 0 Å². The predicted octanol–water partition coefficient (Wildman–Crippen LogP) is 2.80. The van der Waals surface area contributed by atoms with Crippen molar-refractivity contribution in [3.8, 4) is 0 Å². The van der Waals surface area contributed by atoms with E-state index >= 15 is 0 Å². The second kappa shape index (κ2) is 8.91. The number of pyridine rings is 1. The summed E-state index contributed by atoms with van der Waals surface area (Å²) in [5, 5.41) is 2.86. The standard InChI is InChI=1S/C21H28N6O2/c1-14-15(2)24-20(22)18-19(14)27(16(3)25-18)11-13-29-12-10-23-21(28)26(4)17-8-6-5-7-9-17/h5-9H,10-13H2,1-4H3,(H2,22,24)(H,23,28). The number of aromatic nitrogens is 3. The smallest absolute Gasteiger partial charge is 0.321 e. The Balaban J connectivity index is 1.49. The molecule has 0 atom stereocenters. The van der Waals surface area contributed by atoms with E-state index < -0.39 is 0 Å². The average Bonchev–Trinajstić information content (AvgIpc) is 3.05. The molecule has 154 valence electrons. The second-order valence-electron chi connectivity index (χ2n) is 6.95. The number of hydrogen-bond acceptors (Lipinski definition) is 5. The van der Waals surface area contributed by atoms with Crippen molar-refractivity contribution in [2.45, 2.75) is 27.3 Å². The summed E-state index contributed by atoms with van der Waals surface area (Å²) in [5.74, 6) is 1.33. The van der Waals surface area contributed by atoms with E-state index in [0.717, 1.165) is 33.8 Å². The number of imidazole rings is 1. The summed E-state index contributed by atoms with van der Waals surface area (Å²) in [7, 11) is 1.74. The number of carbonyl (C=O) groups is 1. The lowest BCUT2D eigenvalue weighted by atomic mass is 10.2. The van der Waals surface area contributed by atoms with Crippen molar-refractivity contribution in [3.63, 3.8) is 0 Å². The Morgan fingerprint density at radius 2 is 1.90 bits per heavy atom. The highest BCUT2D eigenvalue weighted by Crippen LogP contribution is 2.25. The highest BCUT2D eigenvalue weighted by Gasteiger charge is 2.15. The number of para-hydroxylation sites is 1. The van der Waals surface area contributed by atoms with E-state index in [0.29, 0.717) is 32.1 Å². The van der Waals surface area contributed by atoms with Gasteiger partial charge in [-0.25, -0.2) is 14.8 Å². The molecule has 0 unspecified atom stereocenters. The van der Waals surface area contributed by atoms with E-state index in [1.54, 1.807) is 11.9 Å². The molecule has 29 heavy (non-hydrogen) atoms. The van der Waals surface area contributed by atoms with Crippen LogP contribution in [0.3, 0.4) is 0 Å². The Morgan fingerprint density at radius 1 is 1.17 bits per heavy atom. The third-order valence-electron chi connectivity index (χ3n) is 5.02. The summed E-state index contributed by atoms with van der Waals surface area (Å²) < 4.78 is 7.83. The Hall–Kier alpha value is -3.13. The van der Waals surface area contributed by atoms with Crippen LogP contribution < -0.4 is 16.0 Å². The molecule has 0 bridgehead atoms. The number of urea groups is 1. The van der Waals surface area contributed by atoms with Gasteiger partial charge in [-0.15, -0.1) is 0 Å². The molecular formula is C21H28N6O2. The molecule has 0 radical (unpaired) electrons. The normalized spacial score (nSPS) is 11.0. The van der Waals surface area contributed by atoms with Gasteiger partial charge in [0, 0.05) is 31.5 Å². The van der Waals surface area contributed by atoms with Crippen LogP contribution in [0.15, 0.2) is 30.3 Å². The highest BCUT2D eigenvalue weighted by atomic mass is 16.5. The van der Waals surface area contributed by atoms with Gasteiger partial charge in [0.1, 0.15) is 11.3 Å². The van der Waals surface area contributed by atoms with Crippen molar-refractivity contribution in [1.29, 1.82) is 0 Å². The molecule has 0 saturated heterocycles. The van der Waals surface area contributed by atoms with E-state index in [2.05, 4.69) is 19.9 Å². The van der Waals surface area contributed by atoms with Gasteiger partial charge in [0.2, 0.25) is 0 Å². The molecule has 0 aliphatic rings. The van der Waals surface area contributed by atoms with Crippen LogP contribution in [0.4, 0.5) is 16.3 Å². The minimum Gasteiger partial charge on any atom is -0.382 e. The molecule has 1 aromatic carbocycles. The Bertz CT molecular complexity index is 1000. The van der Waals surface area contributed by atoms with Crippen molar-refractivity contribution in [2.75, 3.05) is 37.4 Å². The van der Waals surface area contributed by atoms with Crippen LogP contribution in [0.5, 0.6) is 0 Å². The average molecular weight is 396 g/mol. The monoisotopic (exact) mass is 396 g/mol. The molecule has 2 aromatic heterocycles. The van der Waals surface area contributed by atoms with Crippen molar-refractivity contribution in [1.82, 2.24) is 19.9 Å². The molecular weight excluding hydrogens is 368 g/mol. The third-order valence-corrected chi connectivity index (χ3v) is 5.02. The topological polar surface area (TPSA) is 98.3 Å². The number of fused-ring (bicyclic) bond motifs is 1. The first-order chi connectivity index (χ1) is 13.9. The van der Waals surface area contributed by atoms with Gasteiger partial charge < -0.3 is 20.4 Å². The van der Waals surface area contributed by atoms with Gasteiger partial charge in [0.25, 0.3) is 0 Å². The molecule has 2 amide bonds. The van der Waals surface area contributed by atoms with Gasteiger partial charge in [0.05, 0.1) is 18.7 Å². The van der Waals surface area contributed by atoms with E-state index in [1.807, 2.05) is 51.1 Å². The first-order valence-corrected chi connectivity index (χ1v) is 9.64. The summed E-state index contributed by atoms with van der Waals surface area (Å²) in [6.07, 6.45) is 0.